The number of hydrogen-bond acceptors (Lipinski definition) is 8. The first-order valence-corrected chi connectivity index (χ1v) is 15.9. The molecule has 11 heteroatoms. The molecule has 0 aromatic carbocycles. The van der Waals surface area contributed by atoms with Gasteiger partial charge in [0.25, 0.3) is 0 Å². The van der Waals surface area contributed by atoms with Gasteiger partial charge >= 0.3 is 0 Å². The average molecular weight is 564 g/mol. The zero-order chi connectivity index (χ0) is 26.3. The first-order chi connectivity index (χ1) is 18.3. The summed E-state index contributed by atoms with van der Waals surface area (Å²) in [7, 11) is -2.87. The van der Waals surface area contributed by atoms with Gasteiger partial charge in [-0.3, -0.25) is 0 Å². The predicted octanol–water partition coefficient (Wildman–Crippen LogP) is 4.27. The van der Waals surface area contributed by atoms with Crippen LogP contribution in [0.3, 0.4) is 0 Å². The van der Waals surface area contributed by atoms with Crippen molar-refractivity contribution in [3.05, 3.63) is 35.2 Å². The lowest BCUT2D eigenvalue weighted by Gasteiger charge is -2.31. The van der Waals surface area contributed by atoms with Gasteiger partial charge in [-0.15, -0.1) is 0 Å². The van der Waals surface area contributed by atoms with E-state index in [2.05, 4.69) is 25.9 Å². The van der Waals surface area contributed by atoms with Crippen LogP contribution < -0.4 is 16.0 Å². The Labute approximate surface area is 228 Å². The minimum absolute atomic E-state index is 0.0830. The van der Waals surface area contributed by atoms with Gasteiger partial charge in [-0.2, -0.15) is 0 Å². The fourth-order valence-electron chi connectivity index (χ4n) is 6.34. The molecule has 8 nitrogen and oxygen atoms in total. The van der Waals surface area contributed by atoms with Crippen LogP contribution in [0.4, 0.5) is 16.0 Å². The summed E-state index contributed by atoms with van der Waals surface area (Å²) < 4.78 is 43.7. The molecular weight excluding hydrogens is 529 g/mol. The number of rotatable bonds is 8. The Morgan fingerprint density at radius 1 is 1.13 bits per heavy atom. The Kier molecular flexibility index (Phi) is 7.26. The Morgan fingerprint density at radius 2 is 1.95 bits per heavy atom. The van der Waals surface area contributed by atoms with Gasteiger partial charge in [-0.1, -0.05) is 11.6 Å². The number of halogens is 2. The minimum atomic E-state index is -2.87. The standard InChI is InChI=1S/C27H35ClFN5O3S/c28-22-13-30-25(33-19-3-1-18(2-4-19)32-20-7-10-38(35,36)15-20)11-21(22)24-6-5-23(29)26(34-24)31-16-27-8-9-37-14-17(27)12-27/h5-6,11,13,17-20,32H,1-4,7-10,12,14-16H2,(H,30,33)(H,31,34). The molecule has 6 rings (SSSR count). The van der Waals surface area contributed by atoms with Crippen LogP contribution in [0.25, 0.3) is 11.3 Å². The van der Waals surface area contributed by atoms with E-state index in [-0.39, 0.29) is 34.9 Å². The normalized spacial score (nSPS) is 31.9. The van der Waals surface area contributed by atoms with Crippen LogP contribution in [0.1, 0.15) is 44.9 Å². The first kappa shape index (κ1) is 26.2. The molecule has 2 saturated heterocycles. The molecule has 2 aromatic heterocycles. The van der Waals surface area contributed by atoms with Crippen molar-refractivity contribution in [2.24, 2.45) is 11.3 Å². The number of pyridine rings is 2. The first-order valence-electron chi connectivity index (χ1n) is 13.7. The SMILES string of the molecule is O=S1(=O)CCC(NC2CCC(Nc3cc(-c4ccc(F)c(NCC56CCOCC5C6)n4)c(Cl)cn3)CC2)C1. The fourth-order valence-corrected chi connectivity index (χ4v) is 8.23. The summed E-state index contributed by atoms with van der Waals surface area (Å²) in [5, 5.41) is 10.8. The maximum absolute atomic E-state index is 14.6. The second-order valence-corrected chi connectivity index (χ2v) is 14.1. The van der Waals surface area contributed by atoms with Gasteiger partial charge in [-0.25, -0.2) is 22.8 Å². The molecule has 0 spiro atoms. The van der Waals surface area contributed by atoms with Crippen molar-refractivity contribution in [3.63, 3.8) is 0 Å². The average Bonchev–Trinajstić information content (AvgIpc) is 3.54. The monoisotopic (exact) mass is 563 g/mol. The third-order valence-corrected chi connectivity index (χ3v) is 10.9. The van der Waals surface area contributed by atoms with Crippen LogP contribution in [0.15, 0.2) is 24.4 Å². The van der Waals surface area contributed by atoms with Crippen molar-refractivity contribution >= 4 is 33.1 Å². The number of nitrogens with one attached hydrogen (secondary N) is 3. The molecule has 4 heterocycles. The molecule has 2 aliphatic heterocycles. The van der Waals surface area contributed by atoms with Crippen molar-refractivity contribution in [3.8, 4) is 11.3 Å². The Hall–Kier alpha value is -2.01. The van der Waals surface area contributed by atoms with Gasteiger partial charge in [0.1, 0.15) is 5.82 Å². The van der Waals surface area contributed by atoms with Gasteiger partial charge < -0.3 is 20.7 Å². The lowest BCUT2D eigenvalue weighted by Crippen LogP contribution is -2.43. The molecule has 4 aliphatic rings. The van der Waals surface area contributed by atoms with Crippen molar-refractivity contribution in [1.82, 2.24) is 15.3 Å². The van der Waals surface area contributed by atoms with Gasteiger partial charge in [-0.05, 0) is 74.5 Å². The zero-order valence-electron chi connectivity index (χ0n) is 21.4. The van der Waals surface area contributed by atoms with Crippen LogP contribution in [-0.4, -0.2) is 67.8 Å². The molecule has 3 N–H and O–H groups in total. The molecule has 3 unspecified atom stereocenters. The molecule has 2 saturated carbocycles. The summed E-state index contributed by atoms with van der Waals surface area (Å²) >= 11 is 6.50. The van der Waals surface area contributed by atoms with E-state index in [0.29, 0.717) is 52.8 Å². The molecular formula is C27H35ClFN5O3S. The lowest BCUT2D eigenvalue weighted by molar-refractivity contribution is 0.0650. The van der Waals surface area contributed by atoms with Crippen molar-refractivity contribution in [2.45, 2.75) is 63.1 Å². The maximum Gasteiger partial charge on any atom is 0.165 e. The largest absolute Gasteiger partial charge is 0.381 e. The number of sulfone groups is 1. The molecule has 4 fully saturated rings. The van der Waals surface area contributed by atoms with E-state index in [1.54, 1.807) is 12.3 Å². The van der Waals surface area contributed by atoms with E-state index < -0.39 is 9.84 Å². The fraction of sp³-hybridized carbons (Fsp3) is 0.630. The van der Waals surface area contributed by atoms with Crippen LogP contribution >= 0.6 is 11.6 Å². The molecule has 3 atom stereocenters. The van der Waals surface area contributed by atoms with Gasteiger partial charge in [0.05, 0.1) is 22.2 Å². The summed E-state index contributed by atoms with van der Waals surface area (Å²) in [5.74, 6) is 1.70. The molecule has 0 amide bonds. The summed E-state index contributed by atoms with van der Waals surface area (Å²) in [6.45, 7) is 2.25. The summed E-state index contributed by atoms with van der Waals surface area (Å²) in [6, 6.07) is 5.67. The van der Waals surface area contributed by atoms with E-state index in [1.165, 1.54) is 6.07 Å². The van der Waals surface area contributed by atoms with E-state index in [4.69, 9.17) is 16.3 Å². The highest BCUT2D eigenvalue weighted by Gasteiger charge is 2.55. The third kappa shape index (κ3) is 5.78. The molecule has 0 radical (unpaired) electrons. The smallest absolute Gasteiger partial charge is 0.165 e. The highest BCUT2D eigenvalue weighted by atomic mass is 35.5. The lowest BCUT2D eigenvalue weighted by atomic mass is 9.90. The van der Waals surface area contributed by atoms with Crippen LogP contribution in [0, 0.1) is 17.2 Å². The highest BCUT2D eigenvalue weighted by molar-refractivity contribution is 7.91. The van der Waals surface area contributed by atoms with E-state index in [1.807, 2.05) is 6.07 Å². The zero-order valence-corrected chi connectivity index (χ0v) is 23.0. The Morgan fingerprint density at radius 3 is 2.71 bits per heavy atom. The van der Waals surface area contributed by atoms with Gasteiger partial charge in [0.2, 0.25) is 0 Å². The molecule has 2 aliphatic carbocycles. The Bertz CT molecular complexity index is 1290. The predicted molar refractivity (Wildman–Crippen MR) is 147 cm³/mol. The van der Waals surface area contributed by atoms with Gasteiger partial charge in [0.15, 0.2) is 21.5 Å². The number of nitrogens with zero attached hydrogens (tertiary/aromatic N) is 2. The van der Waals surface area contributed by atoms with Gasteiger partial charge in [0, 0.05) is 49.6 Å². The van der Waals surface area contributed by atoms with Crippen LogP contribution in [0.2, 0.25) is 5.02 Å². The molecule has 2 aromatic rings. The number of anilines is 2. The summed E-state index contributed by atoms with van der Waals surface area (Å²) in [4.78, 5) is 9.06. The second-order valence-electron chi connectivity index (χ2n) is 11.5. The van der Waals surface area contributed by atoms with E-state index >= 15 is 0 Å². The second kappa shape index (κ2) is 10.5. The summed E-state index contributed by atoms with van der Waals surface area (Å²) in [5.41, 5.74) is 1.51. The molecule has 0 bridgehead atoms. The minimum Gasteiger partial charge on any atom is -0.381 e. The summed E-state index contributed by atoms with van der Waals surface area (Å²) in [6.07, 6.45) is 8.34. The van der Waals surface area contributed by atoms with Crippen molar-refractivity contribution < 1.29 is 17.5 Å². The Balaban J connectivity index is 1.07. The number of fused-ring (bicyclic) bond motifs is 1. The van der Waals surface area contributed by atoms with Crippen LogP contribution in [0.5, 0.6) is 0 Å². The third-order valence-electron chi connectivity index (χ3n) is 8.79. The number of aromatic nitrogens is 2. The quantitative estimate of drug-likeness (QED) is 0.437. The number of ether oxygens (including phenoxy) is 1. The van der Waals surface area contributed by atoms with Crippen molar-refractivity contribution in [2.75, 3.05) is 41.9 Å². The van der Waals surface area contributed by atoms with Crippen LogP contribution in [-0.2, 0) is 14.6 Å². The van der Waals surface area contributed by atoms with E-state index in [0.717, 1.165) is 51.7 Å². The van der Waals surface area contributed by atoms with Crippen molar-refractivity contribution in [1.29, 1.82) is 0 Å². The highest BCUT2D eigenvalue weighted by Crippen LogP contribution is 2.57. The maximum atomic E-state index is 14.6. The molecule has 38 heavy (non-hydrogen) atoms. The van der Waals surface area contributed by atoms with E-state index in [9.17, 15) is 12.8 Å². The number of hydrogen-bond donors (Lipinski definition) is 3. The topological polar surface area (TPSA) is 105 Å². The molecule has 206 valence electrons.